The first-order valence-electron chi connectivity index (χ1n) is 9.03. The van der Waals surface area contributed by atoms with E-state index in [1.165, 1.54) is 6.07 Å². The van der Waals surface area contributed by atoms with Crippen molar-refractivity contribution in [2.24, 2.45) is 5.41 Å². The van der Waals surface area contributed by atoms with Gasteiger partial charge in [-0.15, -0.1) is 0 Å². The summed E-state index contributed by atoms with van der Waals surface area (Å²) in [7, 11) is 1.58. The highest BCUT2D eigenvalue weighted by atomic mass is 16.5. The summed E-state index contributed by atoms with van der Waals surface area (Å²) in [5.74, 6) is 0.214. The number of para-hydroxylation sites is 2. The molecule has 0 saturated carbocycles. The van der Waals surface area contributed by atoms with Gasteiger partial charge in [-0.1, -0.05) is 46.2 Å². The molecule has 0 radical (unpaired) electrons. The smallest absolute Gasteiger partial charge is 0.354 e. The molecule has 1 aromatic carbocycles. The SMILES string of the molecule is CCCC(Nc1nc(Nc2ccccc2OC)cc(C(=O)O)n1)C(C)(C)C. The van der Waals surface area contributed by atoms with Gasteiger partial charge >= 0.3 is 5.97 Å². The summed E-state index contributed by atoms with van der Waals surface area (Å²) in [5.41, 5.74) is 0.602. The molecule has 146 valence electrons. The van der Waals surface area contributed by atoms with Crippen LogP contribution in [0.4, 0.5) is 17.5 Å². The largest absolute Gasteiger partial charge is 0.495 e. The number of hydrogen-bond donors (Lipinski definition) is 3. The van der Waals surface area contributed by atoms with Crippen molar-refractivity contribution in [2.45, 2.75) is 46.6 Å². The number of methoxy groups -OCH3 is 1. The van der Waals surface area contributed by atoms with E-state index in [2.05, 4.69) is 48.3 Å². The molecule has 1 atom stereocenters. The monoisotopic (exact) mass is 372 g/mol. The molecule has 0 bridgehead atoms. The first-order chi connectivity index (χ1) is 12.7. The Morgan fingerprint density at radius 2 is 1.96 bits per heavy atom. The molecule has 1 heterocycles. The number of carbonyl (C=O) groups is 1. The number of carboxylic acids is 1. The van der Waals surface area contributed by atoms with Crippen molar-refractivity contribution in [1.82, 2.24) is 9.97 Å². The third-order valence-electron chi connectivity index (χ3n) is 4.24. The lowest BCUT2D eigenvalue weighted by Crippen LogP contribution is -2.34. The number of carboxylic acid groups (broad SMARTS) is 1. The van der Waals surface area contributed by atoms with Gasteiger partial charge in [0.1, 0.15) is 11.6 Å². The number of ether oxygens (including phenoxy) is 1. The number of aromatic nitrogens is 2. The number of hydrogen-bond acceptors (Lipinski definition) is 6. The molecule has 0 saturated heterocycles. The average Bonchev–Trinajstić information content (AvgIpc) is 2.61. The molecule has 0 spiro atoms. The normalized spacial score (nSPS) is 12.3. The van der Waals surface area contributed by atoms with Gasteiger partial charge in [0.05, 0.1) is 12.8 Å². The second-order valence-electron chi connectivity index (χ2n) is 7.44. The van der Waals surface area contributed by atoms with E-state index in [-0.39, 0.29) is 17.2 Å². The molecule has 2 rings (SSSR count). The highest BCUT2D eigenvalue weighted by molar-refractivity contribution is 5.87. The van der Waals surface area contributed by atoms with Crippen LogP contribution in [-0.2, 0) is 0 Å². The predicted octanol–water partition coefficient (Wildman–Crippen LogP) is 4.55. The molecule has 0 amide bonds. The van der Waals surface area contributed by atoms with Crippen LogP contribution in [0, 0.1) is 5.41 Å². The maximum Gasteiger partial charge on any atom is 0.354 e. The maximum atomic E-state index is 11.5. The quantitative estimate of drug-likeness (QED) is 0.625. The van der Waals surface area contributed by atoms with E-state index < -0.39 is 5.97 Å². The summed E-state index contributed by atoms with van der Waals surface area (Å²) in [6.07, 6.45) is 1.93. The predicted molar refractivity (Wildman–Crippen MR) is 107 cm³/mol. The third kappa shape index (κ3) is 5.57. The number of aromatic carboxylic acids is 1. The number of anilines is 3. The Labute approximate surface area is 160 Å². The van der Waals surface area contributed by atoms with E-state index in [0.29, 0.717) is 23.2 Å². The van der Waals surface area contributed by atoms with E-state index in [1.807, 2.05) is 24.3 Å². The Morgan fingerprint density at radius 3 is 2.56 bits per heavy atom. The first kappa shape index (κ1) is 20.5. The van der Waals surface area contributed by atoms with Gasteiger partial charge in [-0.2, -0.15) is 4.98 Å². The summed E-state index contributed by atoms with van der Waals surface area (Å²) in [4.78, 5) is 20.1. The van der Waals surface area contributed by atoms with Crippen molar-refractivity contribution < 1.29 is 14.6 Å². The van der Waals surface area contributed by atoms with Gasteiger partial charge in [-0.05, 0) is 24.0 Å². The molecule has 0 fully saturated rings. The van der Waals surface area contributed by atoms with Gasteiger partial charge in [0.15, 0.2) is 5.69 Å². The van der Waals surface area contributed by atoms with E-state index >= 15 is 0 Å². The minimum atomic E-state index is -1.11. The third-order valence-corrected chi connectivity index (χ3v) is 4.24. The number of nitrogens with zero attached hydrogens (tertiary/aromatic N) is 2. The minimum absolute atomic E-state index is 0.0190. The van der Waals surface area contributed by atoms with Crippen LogP contribution in [0.15, 0.2) is 30.3 Å². The molecule has 0 aliphatic heterocycles. The number of benzene rings is 1. The van der Waals surface area contributed by atoms with Crippen molar-refractivity contribution in [1.29, 1.82) is 0 Å². The lowest BCUT2D eigenvalue weighted by Gasteiger charge is -2.31. The van der Waals surface area contributed by atoms with Crippen LogP contribution in [0.25, 0.3) is 0 Å². The Bertz CT molecular complexity index is 787. The van der Waals surface area contributed by atoms with Crippen molar-refractivity contribution in [3.05, 3.63) is 36.0 Å². The molecule has 3 N–H and O–H groups in total. The van der Waals surface area contributed by atoms with Crippen LogP contribution in [-0.4, -0.2) is 34.2 Å². The van der Waals surface area contributed by atoms with Gasteiger partial charge < -0.3 is 20.5 Å². The van der Waals surface area contributed by atoms with Crippen LogP contribution in [0.2, 0.25) is 0 Å². The molecule has 0 aliphatic rings. The zero-order valence-electron chi connectivity index (χ0n) is 16.5. The highest BCUT2D eigenvalue weighted by Gasteiger charge is 2.25. The summed E-state index contributed by atoms with van der Waals surface area (Å²) in [6.45, 7) is 8.52. The van der Waals surface area contributed by atoms with Crippen molar-refractivity contribution in [2.75, 3.05) is 17.7 Å². The summed E-state index contributed by atoms with van der Waals surface area (Å²) >= 11 is 0. The van der Waals surface area contributed by atoms with Crippen molar-refractivity contribution in [3.63, 3.8) is 0 Å². The van der Waals surface area contributed by atoms with Gasteiger partial charge in [0, 0.05) is 12.1 Å². The van der Waals surface area contributed by atoms with Crippen LogP contribution >= 0.6 is 0 Å². The molecular formula is C20H28N4O3. The first-order valence-corrected chi connectivity index (χ1v) is 9.03. The average molecular weight is 372 g/mol. The topological polar surface area (TPSA) is 96.4 Å². The molecule has 1 unspecified atom stereocenters. The molecule has 0 aliphatic carbocycles. The highest BCUT2D eigenvalue weighted by Crippen LogP contribution is 2.28. The zero-order chi connectivity index (χ0) is 20.0. The number of rotatable bonds is 8. The second kappa shape index (κ2) is 8.70. The van der Waals surface area contributed by atoms with Gasteiger partial charge in [0.25, 0.3) is 0 Å². The molecule has 1 aromatic heterocycles. The second-order valence-corrected chi connectivity index (χ2v) is 7.44. The van der Waals surface area contributed by atoms with Crippen LogP contribution in [0.5, 0.6) is 5.75 Å². The number of nitrogens with one attached hydrogen (secondary N) is 2. The van der Waals surface area contributed by atoms with Crippen LogP contribution in [0.3, 0.4) is 0 Å². The fourth-order valence-electron chi connectivity index (χ4n) is 2.74. The molecular weight excluding hydrogens is 344 g/mol. The fourth-order valence-corrected chi connectivity index (χ4v) is 2.74. The molecule has 2 aromatic rings. The lowest BCUT2D eigenvalue weighted by molar-refractivity contribution is 0.0690. The van der Waals surface area contributed by atoms with E-state index in [9.17, 15) is 9.90 Å². The summed E-state index contributed by atoms with van der Waals surface area (Å²) < 4.78 is 5.33. The Hall–Kier alpha value is -2.83. The van der Waals surface area contributed by atoms with Crippen molar-refractivity contribution >= 4 is 23.4 Å². The fraction of sp³-hybridized carbons (Fsp3) is 0.450. The van der Waals surface area contributed by atoms with Crippen LogP contribution < -0.4 is 15.4 Å². The van der Waals surface area contributed by atoms with E-state index in [1.54, 1.807) is 7.11 Å². The standard InChI is InChI=1S/C20H28N4O3/c1-6-9-16(20(2,3)4)23-19-22-14(18(25)26)12-17(24-19)21-13-10-7-8-11-15(13)27-5/h7-8,10-12,16H,6,9H2,1-5H3,(H,25,26)(H2,21,22,23,24). The van der Waals surface area contributed by atoms with E-state index in [0.717, 1.165) is 12.8 Å². The summed E-state index contributed by atoms with van der Waals surface area (Å²) in [5, 5.41) is 15.9. The Balaban J connectivity index is 2.37. The van der Waals surface area contributed by atoms with E-state index in [4.69, 9.17) is 4.74 Å². The van der Waals surface area contributed by atoms with Gasteiger partial charge in [-0.25, -0.2) is 9.78 Å². The molecule has 7 heteroatoms. The Kier molecular flexibility index (Phi) is 6.60. The molecule has 27 heavy (non-hydrogen) atoms. The van der Waals surface area contributed by atoms with Crippen molar-refractivity contribution in [3.8, 4) is 5.75 Å². The lowest BCUT2D eigenvalue weighted by atomic mass is 9.84. The minimum Gasteiger partial charge on any atom is -0.495 e. The zero-order valence-corrected chi connectivity index (χ0v) is 16.5. The van der Waals surface area contributed by atoms with Crippen LogP contribution in [0.1, 0.15) is 51.0 Å². The molecule has 7 nitrogen and oxygen atoms in total. The summed E-state index contributed by atoms with van der Waals surface area (Å²) in [6, 6.07) is 8.90. The van der Waals surface area contributed by atoms with Gasteiger partial charge in [0.2, 0.25) is 5.95 Å². The maximum absolute atomic E-state index is 11.5. The van der Waals surface area contributed by atoms with Gasteiger partial charge in [-0.3, -0.25) is 0 Å². The Morgan fingerprint density at radius 1 is 1.26 bits per heavy atom.